The topological polar surface area (TPSA) is 41.1 Å². The zero-order valence-corrected chi connectivity index (χ0v) is 13.7. The minimum atomic E-state index is -0.0913. The minimum absolute atomic E-state index is 0.0913. The first-order chi connectivity index (χ1) is 10.1. The molecular weight excluding hydrogens is 348 g/mol. The van der Waals surface area contributed by atoms with E-state index in [0.29, 0.717) is 18.0 Å². The Balaban J connectivity index is 1.78. The van der Waals surface area contributed by atoms with Crippen molar-refractivity contribution in [1.82, 2.24) is 5.32 Å². The van der Waals surface area contributed by atoms with Gasteiger partial charge in [-0.15, -0.1) is 0 Å². The van der Waals surface area contributed by atoms with Crippen LogP contribution in [-0.4, -0.2) is 11.0 Å². The summed E-state index contributed by atoms with van der Waals surface area (Å²) in [5, 5.41) is 5.98. The Hall–Kier alpha value is -1.72. The summed E-state index contributed by atoms with van der Waals surface area (Å²) >= 11 is 8.51. The highest BCUT2D eigenvalue weighted by molar-refractivity contribution is 9.10. The molecule has 2 aromatic rings. The van der Waals surface area contributed by atoms with Crippen LogP contribution < -0.4 is 10.6 Å². The zero-order chi connectivity index (χ0) is 15.1. The fraction of sp³-hybridized carbons (Fsp3) is 0.125. The molecule has 3 nitrogen and oxygen atoms in total. The van der Waals surface area contributed by atoms with Crippen molar-refractivity contribution in [3.05, 3.63) is 64.6 Å². The second kappa shape index (κ2) is 7.90. The predicted molar refractivity (Wildman–Crippen MR) is 93.3 cm³/mol. The van der Waals surface area contributed by atoms with E-state index in [1.807, 2.05) is 54.6 Å². The maximum absolute atomic E-state index is 11.8. The summed E-state index contributed by atoms with van der Waals surface area (Å²) in [7, 11) is 0. The molecule has 0 unspecified atom stereocenters. The van der Waals surface area contributed by atoms with Gasteiger partial charge >= 0.3 is 0 Å². The number of halogens is 1. The van der Waals surface area contributed by atoms with E-state index in [1.54, 1.807) is 0 Å². The van der Waals surface area contributed by atoms with Crippen LogP contribution in [0.1, 0.15) is 12.0 Å². The predicted octanol–water partition coefficient (Wildman–Crippen LogP) is 3.89. The largest absolute Gasteiger partial charge is 0.332 e. The first-order valence-electron chi connectivity index (χ1n) is 6.54. The highest BCUT2D eigenvalue weighted by Gasteiger charge is 2.05. The SMILES string of the molecule is O=C(CCc1ccccc1)NC(=S)Nc1cccc(Br)c1. The lowest BCUT2D eigenvalue weighted by molar-refractivity contribution is -0.119. The van der Waals surface area contributed by atoms with E-state index < -0.39 is 0 Å². The van der Waals surface area contributed by atoms with Gasteiger partial charge in [0, 0.05) is 16.6 Å². The van der Waals surface area contributed by atoms with E-state index in [-0.39, 0.29) is 5.91 Å². The maximum Gasteiger partial charge on any atom is 0.226 e. The molecule has 0 bridgehead atoms. The number of carbonyl (C=O) groups is 1. The molecule has 0 saturated heterocycles. The van der Waals surface area contributed by atoms with E-state index in [2.05, 4.69) is 26.6 Å². The van der Waals surface area contributed by atoms with Crippen LogP contribution in [0.2, 0.25) is 0 Å². The van der Waals surface area contributed by atoms with Crippen LogP contribution in [0.5, 0.6) is 0 Å². The lowest BCUT2D eigenvalue weighted by Gasteiger charge is -2.09. The number of amides is 1. The molecule has 5 heteroatoms. The summed E-state index contributed by atoms with van der Waals surface area (Å²) in [6.45, 7) is 0. The quantitative estimate of drug-likeness (QED) is 0.810. The Kier molecular flexibility index (Phi) is 5.90. The monoisotopic (exact) mass is 362 g/mol. The zero-order valence-electron chi connectivity index (χ0n) is 11.3. The number of hydrogen-bond donors (Lipinski definition) is 2. The lowest BCUT2D eigenvalue weighted by Crippen LogP contribution is -2.34. The van der Waals surface area contributed by atoms with Gasteiger partial charge in [0.25, 0.3) is 0 Å². The van der Waals surface area contributed by atoms with Crippen LogP contribution in [0.25, 0.3) is 0 Å². The van der Waals surface area contributed by atoms with Gasteiger partial charge in [0.15, 0.2) is 5.11 Å². The van der Waals surface area contributed by atoms with Crippen LogP contribution in [0.3, 0.4) is 0 Å². The Labute approximate surface area is 137 Å². The Morgan fingerprint density at radius 3 is 2.57 bits per heavy atom. The van der Waals surface area contributed by atoms with Gasteiger partial charge in [-0.05, 0) is 42.4 Å². The smallest absolute Gasteiger partial charge is 0.226 e. The first-order valence-corrected chi connectivity index (χ1v) is 7.74. The van der Waals surface area contributed by atoms with Crippen molar-refractivity contribution in [2.24, 2.45) is 0 Å². The van der Waals surface area contributed by atoms with Crippen molar-refractivity contribution in [3.8, 4) is 0 Å². The maximum atomic E-state index is 11.8. The van der Waals surface area contributed by atoms with Gasteiger partial charge in [-0.3, -0.25) is 4.79 Å². The Bertz CT molecular complexity index is 631. The molecule has 21 heavy (non-hydrogen) atoms. The number of rotatable bonds is 4. The van der Waals surface area contributed by atoms with E-state index >= 15 is 0 Å². The third-order valence-corrected chi connectivity index (χ3v) is 3.52. The number of thiocarbonyl (C=S) groups is 1. The molecule has 108 valence electrons. The molecule has 0 radical (unpaired) electrons. The van der Waals surface area contributed by atoms with Gasteiger partial charge in [-0.25, -0.2) is 0 Å². The summed E-state index contributed by atoms with van der Waals surface area (Å²) in [6.07, 6.45) is 1.11. The van der Waals surface area contributed by atoms with E-state index in [0.717, 1.165) is 15.7 Å². The number of aryl methyl sites for hydroxylation is 1. The third-order valence-electron chi connectivity index (χ3n) is 2.82. The normalized spacial score (nSPS) is 9.95. The van der Waals surface area contributed by atoms with Crippen LogP contribution in [-0.2, 0) is 11.2 Å². The molecule has 0 heterocycles. The van der Waals surface area contributed by atoms with E-state index in [9.17, 15) is 4.79 Å². The molecule has 0 atom stereocenters. The number of anilines is 1. The number of nitrogens with one attached hydrogen (secondary N) is 2. The third kappa shape index (κ3) is 5.65. The fourth-order valence-electron chi connectivity index (χ4n) is 1.82. The summed E-state index contributed by atoms with van der Waals surface area (Å²) in [4.78, 5) is 11.8. The standard InChI is InChI=1S/C16H15BrN2OS/c17-13-7-4-8-14(11-13)18-16(21)19-15(20)10-9-12-5-2-1-3-6-12/h1-8,11H,9-10H2,(H2,18,19,20,21). The van der Waals surface area contributed by atoms with Crippen LogP contribution >= 0.6 is 28.1 Å². The minimum Gasteiger partial charge on any atom is -0.332 e. The molecule has 2 aromatic carbocycles. The molecule has 1 amide bonds. The van der Waals surface area contributed by atoms with Gasteiger partial charge in [0.1, 0.15) is 0 Å². The van der Waals surface area contributed by atoms with Crippen molar-refractivity contribution >= 4 is 44.9 Å². The molecule has 0 spiro atoms. The van der Waals surface area contributed by atoms with E-state index in [1.165, 1.54) is 0 Å². The van der Waals surface area contributed by atoms with Gasteiger partial charge in [-0.2, -0.15) is 0 Å². The van der Waals surface area contributed by atoms with Gasteiger partial charge in [0.2, 0.25) is 5.91 Å². The number of carbonyl (C=O) groups excluding carboxylic acids is 1. The van der Waals surface area contributed by atoms with Crippen molar-refractivity contribution in [1.29, 1.82) is 0 Å². The molecule has 0 aliphatic heterocycles. The van der Waals surface area contributed by atoms with E-state index in [4.69, 9.17) is 12.2 Å². The summed E-state index contributed by atoms with van der Waals surface area (Å²) in [6, 6.07) is 17.5. The van der Waals surface area contributed by atoms with Gasteiger partial charge in [-0.1, -0.05) is 52.3 Å². The molecule has 0 aliphatic carbocycles. The van der Waals surface area contributed by atoms with Crippen molar-refractivity contribution in [2.75, 3.05) is 5.32 Å². The van der Waals surface area contributed by atoms with Gasteiger partial charge < -0.3 is 10.6 Å². The molecule has 0 saturated carbocycles. The van der Waals surface area contributed by atoms with Crippen LogP contribution in [0.15, 0.2) is 59.1 Å². The average Bonchev–Trinajstić information content (AvgIpc) is 2.46. The molecule has 2 rings (SSSR count). The summed E-state index contributed by atoms with van der Waals surface area (Å²) in [5.41, 5.74) is 1.97. The highest BCUT2D eigenvalue weighted by Crippen LogP contribution is 2.15. The number of benzene rings is 2. The second-order valence-corrected chi connectivity index (χ2v) is 5.82. The number of hydrogen-bond acceptors (Lipinski definition) is 2. The van der Waals surface area contributed by atoms with Crippen molar-refractivity contribution in [3.63, 3.8) is 0 Å². The lowest BCUT2D eigenvalue weighted by atomic mass is 10.1. The molecule has 0 fully saturated rings. The van der Waals surface area contributed by atoms with Crippen molar-refractivity contribution < 1.29 is 4.79 Å². The summed E-state index contributed by atoms with van der Waals surface area (Å²) < 4.78 is 0.950. The average molecular weight is 363 g/mol. The van der Waals surface area contributed by atoms with Crippen LogP contribution in [0, 0.1) is 0 Å². The molecule has 2 N–H and O–H groups in total. The molecular formula is C16H15BrN2OS. The molecule has 0 aromatic heterocycles. The summed E-state index contributed by atoms with van der Waals surface area (Å²) in [5.74, 6) is -0.0913. The Morgan fingerprint density at radius 1 is 1.10 bits per heavy atom. The van der Waals surface area contributed by atoms with Crippen LogP contribution in [0.4, 0.5) is 5.69 Å². The molecule has 0 aliphatic rings. The highest BCUT2D eigenvalue weighted by atomic mass is 79.9. The second-order valence-electron chi connectivity index (χ2n) is 4.50. The fourth-order valence-corrected chi connectivity index (χ4v) is 2.45. The Morgan fingerprint density at radius 2 is 1.86 bits per heavy atom. The first kappa shape index (κ1) is 15.7. The van der Waals surface area contributed by atoms with Gasteiger partial charge in [0.05, 0.1) is 0 Å². The van der Waals surface area contributed by atoms with Crippen molar-refractivity contribution in [2.45, 2.75) is 12.8 Å².